The first kappa shape index (κ1) is 15.4. The van der Waals surface area contributed by atoms with Gasteiger partial charge >= 0.3 is 0 Å². The minimum Gasteiger partial charge on any atom is -0.339 e. The van der Waals surface area contributed by atoms with Crippen LogP contribution in [0.1, 0.15) is 30.2 Å². The van der Waals surface area contributed by atoms with E-state index in [1.807, 2.05) is 36.0 Å². The van der Waals surface area contributed by atoms with Crippen molar-refractivity contribution in [2.45, 2.75) is 25.3 Å². The smallest absolute Gasteiger partial charge is 0.230 e. The lowest BCUT2D eigenvalue weighted by molar-refractivity contribution is 0.346. The highest BCUT2D eigenvalue weighted by Crippen LogP contribution is 2.31. The molecule has 0 aliphatic carbocycles. The van der Waals surface area contributed by atoms with Crippen LogP contribution in [0.3, 0.4) is 0 Å². The molecule has 2 aromatic rings. The summed E-state index contributed by atoms with van der Waals surface area (Å²) in [6.45, 7) is 0.553. The highest BCUT2D eigenvalue weighted by Gasteiger charge is 2.22. The summed E-state index contributed by atoms with van der Waals surface area (Å²) in [5.41, 5.74) is 7.68. The predicted octanol–water partition coefficient (Wildman–Crippen LogP) is 3.23. The minimum absolute atomic E-state index is 0. The fourth-order valence-electron chi connectivity index (χ4n) is 2.25. The number of nitrogens with zero attached hydrogens (tertiary/aromatic N) is 2. The van der Waals surface area contributed by atoms with E-state index in [4.69, 9.17) is 10.3 Å². The molecule has 0 saturated carbocycles. The molecular formula is C14H18ClN3OS. The summed E-state index contributed by atoms with van der Waals surface area (Å²) < 4.78 is 5.42. The zero-order valence-electron chi connectivity index (χ0n) is 11.1. The van der Waals surface area contributed by atoms with Crippen molar-refractivity contribution >= 4 is 24.2 Å². The summed E-state index contributed by atoms with van der Waals surface area (Å²) in [6, 6.07) is 7.99. The van der Waals surface area contributed by atoms with Gasteiger partial charge in [-0.05, 0) is 29.9 Å². The fourth-order valence-corrected chi connectivity index (χ4v) is 3.36. The molecule has 108 valence electrons. The van der Waals surface area contributed by atoms with Crippen LogP contribution in [0.5, 0.6) is 0 Å². The Morgan fingerprint density at radius 2 is 1.90 bits per heavy atom. The van der Waals surface area contributed by atoms with Crippen LogP contribution >= 0.6 is 24.2 Å². The molecule has 1 aliphatic heterocycles. The number of hydrogen-bond acceptors (Lipinski definition) is 5. The van der Waals surface area contributed by atoms with Gasteiger partial charge in [-0.2, -0.15) is 16.7 Å². The Morgan fingerprint density at radius 1 is 1.20 bits per heavy atom. The van der Waals surface area contributed by atoms with Crippen molar-refractivity contribution in [2.24, 2.45) is 5.73 Å². The first-order valence-corrected chi connectivity index (χ1v) is 7.73. The van der Waals surface area contributed by atoms with E-state index in [1.165, 1.54) is 11.5 Å². The number of aromatic nitrogens is 2. The quantitative estimate of drug-likeness (QED) is 0.942. The summed E-state index contributed by atoms with van der Waals surface area (Å²) >= 11 is 2.00. The number of benzene rings is 1. The van der Waals surface area contributed by atoms with Gasteiger partial charge in [0.2, 0.25) is 11.7 Å². The van der Waals surface area contributed by atoms with Crippen LogP contribution in [0.4, 0.5) is 0 Å². The largest absolute Gasteiger partial charge is 0.339 e. The molecule has 0 radical (unpaired) electrons. The molecule has 0 atom stereocenters. The Balaban J connectivity index is 0.00000147. The van der Waals surface area contributed by atoms with Crippen LogP contribution < -0.4 is 5.73 Å². The Bertz CT molecular complexity index is 538. The van der Waals surface area contributed by atoms with Crippen molar-refractivity contribution in [1.29, 1.82) is 0 Å². The number of halogens is 1. The lowest BCUT2D eigenvalue weighted by atomic mass is 10.0. The molecular weight excluding hydrogens is 294 g/mol. The monoisotopic (exact) mass is 311 g/mol. The van der Waals surface area contributed by atoms with E-state index in [0.29, 0.717) is 18.3 Å². The van der Waals surface area contributed by atoms with Gasteiger partial charge in [-0.15, -0.1) is 12.4 Å². The third-order valence-corrected chi connectivity index (χ3v) is 4.51. The standard InChI is InChI=1S/C14H17N3OS.ClH/c15-9-10-1-3-11(4-2-10)13-16-14(18-17-13)12-5-7-19-8-6-12;/h1-4,12H,5-9,15H2;1H. The van der Waals surface area contributed by atoms with Crippen molar-refractivity contribution in [3.05, 3.63) is 35.7 Å². The SMILES string of the molecule is Cl.NCc1ccc(-c2noc(C3CCSCC3)n2)cc1. The topological polar surface area (TPSA) is 64.9 Å². The number of nitrogens with two attached hydrogens (primary N) is 1. The summed E-state index contributed by atoms with van der Waals surface area (Å²) in [4.78, 5) is 4.54. The zero-order valence-corrected chi connectivity index (χ0v) is 12.8. The second-order valence-corrected chi connectivity index (χ2v) is 5.97. The highest BCUT2D eigenvalue weighted by atomic mass is 35.5. The van der Waals surface area contributed by atoms with Crippen LogP contribution in [0.25, 0.3) is 11.4 Å². The summed E-state index contributed by atoms with van der Waals surface area (Å²) in [7, 11) is 0. The van der Waals surface area contributed by atoms with Crippen LogP contribution in [0, 0.1) is 0 Å². The summed E-state index contributed by atoms with van der Waals surface area (Å²) in [5, 5.41) is 4.09. The molecule has 1 saturated heterocycles. The number of rotatable bonds is 3. The molecule has 2 N–H and O–H groups in total. The first-order chi connectivity index (χ1) is 9.36. The van der Waals surface area contributed by atoms with Crippen LogP contribution in [-0.4, -0.2) is 21.6 Å². The number of hydrogen-bond donors (Lipinski definition) is 1. The predicted molar refractivity (Wildman–Crippen MR) is 84.2 cm³/mol. The third kappa shape index (κ3) is 3.34. The van der Waals surface area contributed by atoms with Gasteiger partial charge < -0.3 is 10.3 Å². The van der Waals surface area contributed by atoms with Gasteiger partial charge in [-0.25, -0.2) is 0 Å². The van der Waals surface area contributed by atoms with E-state index in [1.54, 1.807) is 0 Å². The minimum atomic E-state index is 0. The molecule has 0 spiro atoms. The Hall–Kier alpha value is -1.04. The normalized spacial score (nSPS) is 15.8. The van der Waals surface area contributed by atoms with Gasteiger partial charge in [-0.3, -0.25) is 0 Å². The molecule has 0 unspecified atom stereocenters. The van der Waals surface area contributed by atoms with Gasteiger partial charge in [0, 0.05) is 18.0 Å². The number of thioether (sulfide) groups is 1. The van der Waals surface area contributed by atoms with Crippen molar-refractivity contribution in [3.8, 4) is 11.4 Å². The Labute approximate surface area is 128 Å². The van der Waals surface area contributed by atoms with E-state index < -0.39 is 0 Å². The maximum absolute atomic E-state index is 5.59. The van der Waals surface area contributed by atoms with Crippen LogP contribution in [0.15, 0.2) is 28.8 Å². The van der Waals surface area contributed by atoms with E-state index >= 15 is 0 Å². The van der Waals surface area contributed by atoms with Crippen molar-refractivity contribution in [2.75, 3.05) is 11.5 Å². The molecule has 1 aliphatic rings. The summed E-state index contributed by atoms with van der Waals surface area (Å²) in [6.07, 6.45) is 2.27. The van der Waals surface area contributed by atoms with Crippen molar-refractivity contribution < 1.29 is 4.52 Å². The van der Waals surface area contributed by atoms with E-state index in [0.717, 1.165) is 29.9 Å². The maximum atomic E-state index is 5.59. The molecule has 20 heavy (non-hydrogen) atoms. The molecule has 0 amide bonds. The highest BCUT2D eigenvalue weighted by molar-refractivity contribution is 7.99. The van der Waals surface area contributed by atoms with Gasteiger partial charge in [0.1, 0.15) is 0 Å². The zero-order chi connectivity index (χ0) is 13.1. The van der Waals surface area contributed by atoms with Gasteiger partial charge in [-0.1, -0.05) is 29.4 Å². The fraction of sp³-hybridized carbons (Fsp3) is 0.429. The lowest BCUT2D eigenvalue weighted by Gasteiger charge is -2.16. The van der Waals surface area contributed by atoms with Crippen molar-refractivity contribution in [1.82, 2.24) is 10.1 Å². The average molecular weight is 312 g/mol. The molecule has 0 bridgehead atoms. The molecule has 1 aromatic carbocycles. The molecule has 1 aromatic heterocycles. The van der Waals surface area contributed by atoms with Crippen LogP contribution in [0.2, 0.25) is 0 Å². The van der Waals surface area contributed by atoms with Gasteiger partial charge in [0.15, 0.2) is 0 Å². The second-order valence-electron chi connectivity index (χ2n) is 4.74. The van der Waals surface area contributed by atoms with E-state index in [2.05, 4.69) is 10.1 Å². The van der Waals surface area contributed by atoms with Gasteiger partial charge in [0.05, 0.1) is 0 Å². The van der Waals surface area contributed by atoms with E-state index in [9.17, 15) is 0 Å². The summed E-state index contributed by atoms with van der Waals surface area (Å²) in [5.74, 6) is 4.28. The molecule has 2 heterocycles. The average Bonchev–Trinajstić information content (AvgIpc) is 2.98. The third-order valence-electron chi connectivity index (χ3n) is 3.46. The molecule has 6 heteroatoms. The maximum Gasteiger partial charge on any atom is 0.230 e. The lowest BCUT2D eigenvalue weighted by Crippen LogP contribution is -2.07. The Morgan fingerprint density at radius 3 is 2.55 bits per heavy atom. The molecule has 4 nitrogen and oxygen atoms in total. The van der Waals surface area contributed by atoms with Crippen molar-refractivity contribution in [3.63, 3.8) is 0 Å². The van der Waals surface area contributed by atoms with Crippen LogP contribution in [-0.2, 0) is 6.54 Å². The molecule has 3 rings (SSSR count). The Kier molecular flexibility index (Phi) is 5.46. The second kappa shape index (κ2) is 7.11. The first-order valence-electron chi connectivity index (χ1n) is 6.57. The van der Waals surface area contributed by atoms with E-state index in [-0.39, 0.29) is 12.4 Å². The molecule has 1 fully saturated rings. The van der Waals surface area contributed by atoms with Gasteiger partial charge in [0.25, 0.3) is 0 Å².